The number of amides is 1. The van der Waals surface area contributed by atoms with Crippen LogP contribution in [0.4, 0.5) is 5.82 Å². The third kappa shape index (κ3) is 5.19. The third-order valence-electron chi connectivity index (χ3n) is 5.48. The van der Waals surface area contributed by atoms with Crippen molar-refractivity contribution in [3.63, 3.8) is 0 Å². The van der Waals surface area contributed by atoms with E-state index in [4.69, 9.17) is 0 Å². The number of rotatable bonds is 6. The van der Waals surface area contributed by atoms with E-state index in [0.717, 1.165) is 43.7 Å². The highest BCUT2D eigenvalue weighted by Gasteiger charge is 2.21. The smallest absolute Gasteiger partial charge is 0.272 e. The predicted octanol–water partition coefficient (Wildman–Crippen LogP) is 3.87. The monoisotopic (exact) mass is 386 g/mol. The molecule has 1 aliphatic heterocycles. The minimum Gasteiger partial charge on any atom is -0.355 e. The van der Waals surface area contributed by atoms with Crippen LogP contribution in [0.2, 0.25) is 0 Å². The lowest BCUT2D eigenvalue weighted by Crippen LogP contribution is -2.35. The second kappa shape index (κ2) is 9.32. The molecule has 0 aliphatic carbocycles. The first-order chi connectivity index (χ1) is 14.3. The third-order valence-corrected chi connectivity index (χ3v) is 5.48. The van der Waals surface area contributed by atoms with E-state index >= 15 is 0 Å². The quantitative estimate of drug-likeness (QED) is 0.699. The van der Waals surface area contributed by atoms with Gasteiger partial charge in [-0.1, -0.05) is 60.7 Å². The van der Waals surface area contributed by atoms with Crippen LogP contribution in [0.1, 0.15) is 34.5 Å². The maximum atomic E-state index is 12.3. The molecule has 2 aromatic carbocycles. The second-order valence-electron chi connectivity index (χ2n) is 7.57. The van der Waals surface area contributed by atoms with Crippen molar-refractivity contribution in [1.29, 1.82) is 0 Å². The number of anilines is 1. The average Bonchev–Trinajstić information content (AvgIpc) is 2.79. The van der Waals surface area contributed by atoms with Gasteiger partial charge in [0.2, 0.25) is 0 Å². The van der Waals surface area contributed by atoms with Crippen LogP contribution in [-0.4, -0.2) is 29.2 Å². The van der Waals surface area contributed by atoms with Gasteiger partial charge < -0.3 is 10.2 Å². The van der Waals surface area contributed by atoms with Crippen LogP contribution >= 0.6 is 0 Å². The molecule has 1 saturated heterocycles. The van der Waals surface area contributed by atoms with Crippen molar-refractivity contribution in [2.75, 3.05) is 18.0 Å². The molecule has 1 fully saturated rings. The number of hydrogen-bond donors (Lipinski definition) is 1. The zero-order valence-electron chi connectivity index (χ0n) is 16.5. The standard InChI is InChI=1S/C24H26N4O/c29-24(25-18-21-9-5-2-6-10-21)22-11-12-23(27-26-22)28-15-13-20(14-16-28)17-19-7-3-1-4-8-19/h1-12,20H,13-18H2,(H,25,29). The molecule has 1 N–H and O–H groups in total. The van der Waals surface area contributed by atoms with E-state index in [1.807, 2.05) is 36.4 Å². The summed E-state index contributed by atoms with van der Waals surface area (Å²) in [6.45, 7) is 2.44. The number of aromatic nitrogens is 2. The Morgan fingerprint density at radius 1 is 0.862 bits per heavy atom. The molecule has 0 spiro atoms. The van der Waals surface area contributed by atoms with Crippen molar-refractivity contribution in [3.05, 3.63) is 89.6 Å². The van der Waals surface area contributed by atoms with E-state index in [0.29, 0.717) is 18.2 Å². The maximum Gasteiger partial charge on any atom is 0.272 e. The van der Waals surface area contributed by atoms with Crippen LogP contribution in [0, 0.1) is 5.92 Å². The van der Waals surface area contributed by atoms with Crippen LogP contribution in [0.25, 0.3) is 0 Å². The van der Waals surface area contributed by atoms with Gasteiger partial charge in [0.25, 0.3) is 5.91 Å². The first kappa shape index (κ1) is 19.1. The van der Waals surface area contributed by atoms with Crippen molar-refractivity contribution in [1.82, 2.24) is 15.5 Å². The Hall–Kier alpha value is -3.21. The molecular weight excluding hydrogens is 360 g/mol. The van der Waals surface area contributed by atoms with Gasteiger partial charge in [-0.3, -0.25) is 4.79 Å². The molecule has 29 heavy (non-hydrogen) atoms. The first-order valence-corrected chi connectivity index (χ1v) is 10.2. The lowest BCUT2D eigenvalue weighted by Gasteiger charge is -2.32. The summed E-state index contributed by atoms with van der Waals surface area (Å²) in [6.07, 6.45) is 3.44. The van der Waals surface area contributed by atoms with Gasteiger partial charge in [-0.2, -0.15) is 0 Å². The molecule has 0 atom stereocenters. The number of carbonyl (C=O) groups excluding carboxylic acids is 1. The molecule has 0 bridgehead atoms. The summed E-state index contributed by atoms with van der Waals surface area (Å²) in [5.74, 6) is 1.36. The molecule has 148 valence electrons. The number of benzene rings is 2. The first-order valence-electron chi connectivity index (χ1n) is 10.2. The van der Waals surface area contributed by atoms with E-state index in [1.54, 1.807) is 6.07 Å². The fraction of sp³-hybridized carbons (Fsp3) is 0.292. The zero-order chi connectivity index (χ0) is 19.9. The maximum absolute atomic E-state index is 12.3. The highest BCUT2D eigenvalue weighted by molar-refractivity contribution is 5.92. The van der Waals surface area contributed by atoms with E-state index < -0.39 is 0 Å². The molecule has 0 saturated carbocycles. The summed E-state index contributed by atoms with van der Waals surface area (Å²) < 4.78 is 0. The topological polar surface area (TPSA) is 58.1 Å². The van der Waals surface area contributed by atoms with Crippen LogP contribution in [0.3, 0.4) is 0 Å². The highest BCUT2D eigenvalue weighted by atomic mass is 16.1. The van der Waals surface area contributed by atoms with Gasteiger partial charge in [0.1, 0.15) is 0 Å². The fourth-order valence-corrected chi connectivity index (χ4v) is 3.80. The molecule has 3 aromatic rings. The minimum atomic E-state index is -0.200. The summed E-state index contributed by atoms with van der Waals surface area (Å²) in [4.78, 5) is 14.6. The number of nitrogens with one attached hydrogen (secondary N) is 1. The largest absolute Gasteiger partial charge is 0.355 e. The van der Waals surface area contributed by atoms with Crippen molar-refractivity contribution < 1.29 is 4.79 Å². The summed E-state index contributed by atoms with van der Waals surface area (Å²) in [5, 5.41) is 11.3. The van der Waals surface area contributed by atoms with E-state index in [1.165, 1.54) is 5.56 Å². The lowest BCUT2D eigenvalue weighted by atomic mass is 9.90. The minimum absolute atomic E-state index is 0.200. The summed E-state index contributed by atoms with van der Waals surface area (Å²) >= 11 is 0. The number of hydrogen-bond acceptors (Lipinski definition) is 4. The lowest BCUT2D eigenvalue weighted by molar-refractivity contribution is 0.0945. The number of carbonyl (C=O) groups is 1. The molecule has 0 unspecified atom stereocenters. The number of nitrogens with zero attached hydrogens (tertiary/aromatic N) is 3. The van der Waals surface area contributed by atoms with Gasteiger partial charge in [-0.05, 0) is 48.4 Å². The van der Waals surface area contributed by atoms with Crippen LogP contribution in [0.15, 0.2) is 72.8 Å². The Kier molecular flexibility index (Phi) is 6.15. The molecule has 5 nitrogen and oxygen atoms in total. The normalized spacial score (nSPS) is 14.6. The van der Waals surface area contributed by atoms with Gasteiger partial charge in [0.15, 0.2) is 11.5 Å². The van der Waals surface area contributed by atoms with E-state index in [2.05, 4.69) is 50.7 Å². The molecule has 5 heteroatoms. The molecule has 0 radical (unpaired) electrons. The SMILES string of the molecule is O=C(NCc1ccccc1)c1ccc(N2CCC(Cc3ccccc3)CC2)nn1. The fourth-order valence-electron chi connectivity index (χ4n) is 3.80. The van der Waals surface area contributed by atoms with Crippen molar-refractivity contribution in [2.24, 2.45) is 5.92 Å². The summed E-state index contributed by atoms with van der Waals surface area (Å²) in [6, 6.07) is 24.2. The zero-order valence-corrected chi connectivity index (χ0v) is 16.5. The summed E-state index contributed by atoms with van der Waals surface area (Å²) in [5.41, 5.74) is 2.82. The Balaban J connectivity index is 1.27. The van der Waals surface area contributed by atoms with Crippen molar-refractivity contribution in [2.45, 2.75) is 25.8 Å². The van der Waals surface area contributed by atoms with Gasteiger partial charge >= 0.3 is 0 Å². The Bertz CT molecular complexity index is 905. The van der Waals surface area contributed by atoms with Crippen LogP contribution in [0.5, 0.6) is 0 Å². The van der Waals surface area contributed by atoms with Crippen LogP contribution in [-0.2, 0) is 13.0 Å². The summed E-state index contributed by atoms with van der Waals surface area (Å²) in [7, 11) is 0. The molecule has 1 aromatic heterocycles. The molecule has 1 aliphatic rings. The Morgan fingerprint density at radius 2 is 1.52 bits per heavy atom. The molecule has 2 heterocycles. The highest BCUT2D eigenvalue weighted by Crippen LogP contribution is 2.24. The van der Waals surface area contributed by atoms with Gasteiger partial charge in [-0.15, -0.1) is 10.2 Å². The Morgan fingerprint density at radius 3 is 2.14 bits per heavy atom. The number of piperidine rings is 1. The second-order valence-corrected chi connectivity index (χ2v) is 7.57. The van der Waals surface area contributed by atoms with Crippen LogP contribution < -0.4 is 10.2 Å². The van der Waals surface area contributed by atoms with E-state index in [9.17, 15) is 4.79 Å². The van der Waals surface area contributed by atoms with Gasteiger partial charge in [0.05, 0.1) is 0 Å². The average molecular weight is 386 g/mol. The van der Waals surface area contributed by atoms with Gasteiger partial charge in [0, 0.05) is 19.6 Å². The van der Waals surface area contributed by atoms with Gasteiger partial charge in [-0.25, -0.2) is 0 Å². The Labute approximate surface area is 171 Å². The van der Waals surface area contributed by atoms with Crippen molar-refractivity contribution in [3.8, 4) is 0 Å². The van der Waals surface area contributed by atoms with E-state index in [-0.39, 0.29) is 5.91 Å². The molecule has 4 rings (SSSR count). The van der Waals surface area contributed by atoms with Crippen molar-refractivity contribution >= 4 is 11.7 Å². The predicted molar refractivity (Wildman–Crippen MR) is 115 cm³/mol. The molecular formula is C24H26N4O. The molecule has 1 amide bonds.